The topological polar surface area (TPSA) is 70.1 Å². The number of halogens is 2. The zero-order chi connectivity index (χ0) is 23.9. The van der Waals surface area contributed by atoms with Crippen LogP contribution in [0.4, 0.5) is 0 Å². The molecule has 32 heavy (non-hydrogen) atoms. The smallest absolute Gasteiger partial charge is 0.242 e. The number of benzene rings is 2. The van der Waals surface area contributed by atoms with Crippen LogP contribution in [0.1, 0.15) is 19.4 Å². The first kappa shape index (κ1) is 27.1. The maximum atomic E-state index is 12.9. The van der Waals surface area contributed by atoms with Crippen molar-refractivity contribution in [3.63, 3.8) is 0 Å². The van der Waals surface area contributed by atoms with Gasteiger partial charge in [-0.3, -0.25) is 4.90 Å². The van der Waals surface area contributed by atoms with E-state index in [1.165, 1.54) is 16.4 Å². The highest BCUT2D eigenvalue weighted by molar-refractivity contribution is 7.89. The van der Waals surface area contributed by atoms with Crippen LogP contribution in [0.2, 0.25) is 10.0 Å². The lowest BCUT2D eigenvalue weighted by molar-refractivity contribution is 0.0194. The van der Waals surface area contributed by atoms with Crippen molar-refractivity contribution in [1.29, 1.82) is 0 Å². The van der Waals surface area contributed by atoms with Crippen LogP contribution in [0.5, 0.6) is 0 Å². The summed E-state index contributed by atoms with van der Waals surface area (Å²) in [5.74, 6) is -0.0145. The molecule has 0 aromatic heterocycles. The predicted octanol–water partition coefficient (Wildman–Crippen LogP) is 4.15. The summed E-state index contributed by atoms with van der Waals surface area (Å²) >= 11 is 12.2. The quantitative estimate of drug-likeness (QED) is 0.472. The Bertz CT molecular complexity index is 957. The molecule has 9 heteroatoms. The molecule has 6 nitrogen and oxygen atoms in total. The minimum absolute atomic E-state index is 0.000327. The monoisotopic (exact) mass is 502 g/mol. The van der Waals surface area contributed by atoms with Crippen molar-refractivity contribution in [3.05, 3.63) is 64.1 Å². The molecule has 0 bridgehead atoms. The van der Waals surface area contributed by atoms with Gasteiger partial charge in [-0.15, -0.1) is 0 Å². The van der Waals surface area contributed by atoms with Crippen LogP contribution in [0.15, 0.2) is 53.4 Å². The number of hydrogen-bond donors (Lipinski definition) is 1. The van der Waals surface area contributed by atoms with E-state index < -0.39 is 10.0 Å². The van der Waals surface area contributed by atoms with E-state index in [4.69, 9.17) is 27.9 Å². The molecule has 2 rings (SSSR count). The van der Waals surface area contributed by atoms with E-state index in [-0.39, 0.29) is 36.1 Å². The third-order valence-corrected chi connectivity index (χ3v) is 8.10. The number of aliphatic hydroxyl groups is 1. The van der Waals surface area contributed by atoms with Gasteiger partial charge in [0.2, 0.25) is 10.0 Å². The van der Waals surface area contributed by atoms with Crippen molar-refractivity contribution >= 4 is 33.2 Å². The SMILES string of the molecule is CO[C@@H](CN(C)S(=O)(=O)c1ccc(Cl)cc1)[C@H](C)CN(Cc1ccccc1Cl)[C@H](C)CO. The summed E-state index contributed by atoms with van der Waals surface area (Å²) in [6, 6.07) is 13.6. The summed E-state index contributed by atoms with van der Waals surface area (Å²) in [6.45, 7) is 5.32. The Morgan fingerprint density at radius 2 is 1.66 bits per heavy atom. The Labute approximate surface area is 201 Å². The van der Waals surface area contributed by atoms with Gasteiger partial charge >= 0.3 is 0 Å². The number of methoxy groups -OCH3 is 1. The highest BCUT2D eigenvalue weighted by Gasteiger charge is 2.28. The van der Waals surface area contributed by atoms with Crippen LogP contribution in [0.25, 0.3) is 0 Å². The molecule has 0 heterocycles. The minimum Gasteiger partial charge on any atom is -0.395 e. The Hall–Kier alpha value is -1.19. The standard InChI is InChI=1S/C23H32Cl2N2O4S/c1-17(13-27(18(2)16-28)14-19-7-5-6-8-22(19)25)23(31-4)15-26(3)32(29,30)21-11-9-20(24)10-12-21/h5-12,17-18,23,28H,13-16H2,1-4H3/t17-,18-,23+/m1/s1. The van der Waals surface area contributed by atoms with Gasteiger partial charge < -0.3 is 9.84 Å². The lowest BCUT2D eigenvalue weighted by Crippen LogP contribution is -2.44. The zero-order valence-corrected chi connectivity index (χ0v) is 21.2. The Kier molecular flexibility index (Phi) is 10.4. The van der Waals surface area contributed by atoms with Gasteiger partial charge in [-0.05, 0) is 48.7 Å². The van der Waals surface area contributed by atoms with E-state index in [2.05, 4.69) is 4.90 Å². The minimum atomic E-state index is -3.67. The van der Waals surface area contributed by atoms with Gasteiger partial charge in [0.15, 0.2) is 0 Å². The molecule has 0 unspecified atom stereocenters. The fourth-order valence-corrected chi connectivity index (χ4v) is 4.98. The Morgan fingerprint density at radius 3 is 2.22 bits per heavy atom. The predicted molar refractivity (Wildman–Crippen MR) is 130 cm³/mol. The first-order chi connectivity index (χ1) is 15.1. The number of hydrogen-bond acceptors (Lipinski definition) is 5. The normalized spacial score (nSPS) is 15.2. The second-order valence-electron chi connectivity index (χ2n) is 8.04. The van der Waals surface area contributed by atoms with E-state index in [0.29, 0.717) is 23.1 Å². The summed E-state index contributed by atoms with van der Waals surface area (Å²) in [5.41, 5.74) is 0.970. The molecule has 0 fully saturated rings. The molecule has 0 radical (unpaired) electrons. The van der Waals surface area contributed by atoms with Crippen LogP contribution in [0, 0.1) is 5.92 Å². The molecule has 2 aromatic rings. The molecule has 0 saturated heterocycles. The van der Waals surface area contributed by atoms with E-state index in [9.17, 15) is 13.5 Å². The molecule has 178 valence electrons. The van der Waals surface area contributed by atoms with E-state index in [1.807, 2.05) is 38.1 Å². The summed E-state index contributed by atoms with van der Waals surface area (Å²) in [7, 11) is -0.551. The van der Waals surface area contributed by atoms with Gasteiger partial charge in [0.05, 0.1) is 17.6 Å². The van der Waals surface area contributed by atoms with Crippen molar-refractivity contribution in [1.82, 2.24) is 9.21 Å². The fourth-order valence-electron chi connectivity index (χ4n) is 3.47. The van der Waals surface area contributed by atoms with E-state index >= 15 is 0 Å². The number of nitrogens with zero attached hydrogens (tertiary/aromatic N) is 2. The maximum absolute atomic E-state index is 12.9. The van der Waals surface area contributed by atoms with Crippen molar-refractivity contribution in [2.24, 2.45) is 5.92 Å². The molecule has 0 aliphatic rings. The largest absolute Gasteiger partial charge is 0.395 e. The van der Waals surface area contributed by atoms with Crippen molar-refractivity contribution in [2.75, 3.05) is 33.9 Å². The van der Waals surface area contributed by atoms with Gasteiger partial charge in [-0.25, -0.2) is 8.42 Å². The molecular formula is C23H32Cl2N2O4S. The van der Waals surface area contributed by atoms with E-state index in [0.717, 1.165) is 5.56 Å². The fraction of sp³-hybridized carbons (Fsp3) is 0.478. The number of ether oxygens (including phenoxy) is 1. The summed E-state index contributed by atoms with van der Waals surface area (Å²) in [6.07, 6.45) is -0.346. The number of sulfonamides is 1. The van der Waals surface area contributed by atoms with Crippen molar-refractivity contribution in [3.8, 4) is 0 Å². The average Bonchev–Trinajstić information content (AvgIpc) is 2.77. The second kappa shape index (κ2) is 12.3. The molecular weight excluding hydrogens is 471 g/mol. The third-order valence-electron chi connectivity index (χ3n) is 5.64. The van der Waals surface area contributed by atoms with Gasteiger partial charge in [-0.2, -0.15) is 4.31 Å². The van der Waals surface area contributed by atoms with Crippen LogP contribution in [0.3, 0.4) is 0 Å². The lowest BCUT2D eigenvalue weighted by Gasteiger charge is -2.34. The van der Waals surface area contributed by atoms with Crippen LogP contribution in [-0.4, -0.2) is 68.7 Å². The highest BCUT2D eigenvalue weighted by Crippen LogP contribution is 2.22. The Balaban J connectivity index is 2.12. The number of aliphatic hydroxyl groups excluding tert-OH is 1. The van der Waals surface area contributed by atoms with Crippen molar-refractivity contribution < 1.29 is 18.3 Å². The molecule has 1 N–H and O–H groups in total. The van der Waals surface area contributed by atoms with Gasteiger partial charge in [0.1, 0.15) is 0 Å². The Morgan fingerprint density at radius 1 is 1.03 bits per heavy atom. The first-order valence-electron chi connectivity index (χ1n) is 10.4. The van der Waals surface area contributed by atoms with Crippen LogP contribution in [-0.2, 0) is 21.3 Å². The molecule has 3 atom stereocenters. The zero-order valence-electron chi connectivity index (χ0n) is 18.9. The molecule has 0 aliphatic heterocycles. The molecule has 0 aliphatic carbocycles. The number of likely N-dealkylation sites (N-methyl/N-ethyl adjacent to an activating group) is 1. The van der Waals surface area contributed by atoms with Crippen molar-refractivity contribution in [2.45, 2.75) is 37.4 Å². The highest BCUT2D eigenvalue weighted by atomic mass is 35.5. The maximum Gasteiger partial charge on any atom is 0.242 e. The van der Waals surface area contributed by atoms with Gasteiger partial charge in [0.25, 0.3) is 0 Å². The lowest BCUT2D eigenvalue weighted by atomic mass is 10.0. The summed E-state index contributed by atoms with van der Waals surface area (Å²) in [5, 5.41) is 10.9. The third kappa shape index (κ3) is 7.15. The number of rotatable bonds is 12. The first-order valence-corrected chi connectivity index (χ1v) is 12.6. The molecule has 2 aromatic carbocycles. The van der Waals surface area contributed by atoms with Crippen LogP contribution < -0.4 is 0 Å². The summed E-state index contributed by atoms with van der Waals surface area (Å²) < 4.78 is 32.9. The van der Waals surface area contributed by atoms with E-state index in [1.54, 1.807) is 26.3 Å². The second-order valence-corrected chi connectivity index (χ2v) is 10.9. The summed E-state index contributed by atoms with van der Waals surface area (Å²) in [4.78, 5) is 2.31. The van der Waals surface area contributed by atoms with Gasteiger partial charge in [0, 0.05) is 49.9 Å². The van der Waals surface area contributed by atoms with Gasteiger partial charge in [-0.1, -0.05) is 48.3 Å². The van der Waals surface area contributed by atoms with Crippen LogP contribution >= 0.6 is 23.2 Å². The molecule has 0 amide bonds. The average molecular weight is 503 g/mol. The molecule has 0 spiro atoms. The molecule has 0 saturated carbocycles.